The zero-order valence-corrected chi connectivity index (χ0v) is 11.1. The molecule has 1 aliphatic carbocycles. The number of aliphatic hydroxyl groups is 1. The molecule has 0 spiro atoms. The molecule has 0 fully saturated rings. The number of hydrogen-bond acceptors (Lipinski definition) is 3. The lowest BCUT2D eigenvalue weighted by molar-refractivity contribution is -0.132. The van der Waals surface area contributed by atoms with Crippen LogP contribution in [0, 0.1) is 0 Å². The van der Waals surface area contributed by atoms with E-state index in [9.17, 15) is 15.0 Å². The standard InChI is InChI=1S/C16H16O4/c1-10(12-3-5-13(17)6-4-12)8-11-2-7-15(18)14(9-11)16(19)20/h2-8,10,17-18H,9H2,1H3,(H,19,20). The quantitative estimate of drug-likeness (QED) is 0.789. The Kier molecular flexibility index (Phi) is 3.94. The average molecular weight is 272 g/mol. The van der Waals surface area contributed by atoms with Gasteiger partial charge in [0.2, 0.25) is 0 Å². The fourth-order valence-electron chi connectivity index (χ4n) is 2.14. The number of aliphatic carboxylic acids is 1. The van der Waals surface area contributed by atoms with Crippen molar-refractivity contribution in [1.29, 1.82) is 0 Å². The number of phenols is 1. The largest absolute Gasteiger partial charge is 0.508 e. The van der Waals surface area contributed by atoms with Gasteiger partial charge in [-0.3, -0.25) is 0 Å². The van der Waals surface area contributed by atoms with Crippen molar-refractivity contribution in [3.63, 3.8) is 0 Å². The second-order valence-electron chi connectivity index (χ2n) is 4.80. The lowest BCUT2D eigenvalue weighted by Crippen LogP contribution is -2.08. The van der Waals surface area contributed by atoms with E-state index in [-0.39, 0.29) is 29.4 Å². The third-order valence-corrected chi connectivity index (χ3v) is 3.29. The number of allylic oxidation sites excluding steroid dienone is 4. The van der Waals surface area contributed by atoms with Crippen molar-refractivity contribution in [2.75, 3.05) is 0 Å². The van der Waals surface area contributed by atoms with E-state index in [2.05, 4.69) is 0 Å². The summed E-state index contributed by atoms with van der Waals surface area (Å²) in [6, 6.07) is 6.90. The van der Waals surface area contributed by atoms with E-state index < -0.39 is 5.97 Å². The summed E-state index contributed by atoms with van der Waals surface area (Å²) >= 11 is 0. The Hall–Kier alpha value is -2.49. The minimum Gasteiger partial charge on any atom is -0.508 e. The monoisotopic (exact) mass is 272 g/mol. The molecule has 1 aromatic carbocycles. The topological polar surface area (TPSA) is 77.8 Å². The smallest absolute Gasteiger partial charge is 0.335 e. The molecule has 104 valence electrons. The Bertz CT molecular complexity index is 606. The first kappa shape index (κ1) is 13.9. The van der Waals surface area contributed by atoms with Crippen LogP contribution in [0.3, 0.4) is 0 Å². The highest BCUT2D eigenvalue weighted by Gasteiger charge is 2.18. The Labute approximate surface area is 117 Å². The van der Waals surface area contributed by atoms with Crippen molar-refractivity contribution in [2.45, 2.75) is 19.3 Å². The molecule has 0 aromatic heterocycles. The van der Waals surface area contributed by atoms with Crippen LogP contribution in [-0.2, 0) is 4.79 Å². The SMILES string of the molecule is CC(C=C1C=CC(O)=C(C(=O)O)C1)c1ccc(O)cc1. The molecular weight excluding hydrogens is 256 g/mol. The fourth-order valence-corrected chi connectivity index (χ4v) is 2.14. The third-order valence-electron chi connectivity index (χ3n) is 3.29. The molecule has 0 bridgehead atoms. The van der Waals surface area contributed by atoms with Crippen molar-refractivity contribution in [3.05, 3.63) is 65.0 Å². The first-order valence-electron chi connectivity index (χ1n) is 6.30. The molecule has 0 amide bonds. The van der Waals surface area contributed by atoms with Crippen molar-refractivity contribution in [3.8, 4) is 5.75 Å². The Balaban J connectivity index is 2.19. The number of carbonyl (C=O) groups is 1. The summed E-state index contributed by atoms with van der Waals surface area (Å²) in [4.78, 5) is 11.0. The second-order valence-corrected chi connectivity index (χ2v) is 4.80. The maximum absolute atomic E-state index is 11.0. The van der Waals surface area contributed by atoms with Crippen LogP contribution >= 0.6 is 0 Å². The number of carboxylic acid groups (broad SMARTS) is 1. The van der Waals surface area contributed by atoms with Crippen LogP contribution in [0.1, 0.15) is 24.8 Å². The Morgan fingerprint density at radius 3 is 2.45 bits per heavy atom. The minimum atomic E-state index is -1.10. The van der Waals surface area contributed by atoms with E-state index in [0.29, 0.717) is 0 Å². The molecule has 1 aliphatic rings. The van der Waals surface area contributed by atoms with Gasteiger partial charge in [0.25, 0.3) is 0 Å². The zero-order chi connectivity index (χ0) is 14.7. The van der Waals surface area contributed by atoms with Crippen molar-refractivity contribution >= 4 is 5.97 Å². The number of hydrogen-bond donors (Lipinski definition) is 3. The predicted molar refractivity (Wildman–Crippen MR) is 75.7 cm³/mol. The van der Waals surface area contributed by atoms with Gasteiger partial charge in [0.15, 0.2) is 0 Å². The first-order valence-corrected chi connectivity index (χ1v) is 6.30. The summed E-state index contributed by atoms with van der Waals surface area (Å²) < 4.78 is 0. The van der Waals surface area contributed by atoms with Gasteiger partial charge in [0.05, 0.1) is 5.57 Å². The molecule has 1 aromatic rings. The highest BCUT2D eigenvalue weighted by atomic mass is 16.4. The Morgan fingerprint density at radius 1 is 1.20 bits per heavy atom. The van der Waals surface area contributed by atoms with Gasteiger partial charge in [-0.1, -0.05) is 31.2 Å². The van der Waals surface area contributed by atoms with Crippen LogP contribution in [0.5, 0.6) is 5.75 Å². The van der Waals surface area contributed by atoms with E-state index in [1.807, 2.05) is 25.1 Å². The summed E-state index contributed by atoms with van der Waals surface area (Å²) in [5.74, 6) is -0.986. The molecule has 2 rings (SSSR count). The maximum atomic E-state index is 11.0. The molecule has 0 saturated carbocycles. The summed E-state index contributed by atoms with van der Waals surface area (Å²) in [6.45, 7) is 1.99. The normalized spacial score (nSPS) is 18.4. The molecule has 1 atom stereocenters. The molecule has 0 saturated heterocycles. The van der Waals surface area contributed by atoms with Gasteiger partial charge in [-0.2, -0.15) is 0 Å². The van der Waals surface area contributed by atoms with Gasteiger partial charge in [0, 0.05) is 6.42 Å². The van der Waals surface area contributed by atoms with Crippen LogP contribution in [0.4, 0.5) is 0 Å². The molecule has 3 N–H and O–H groups in total. The molecule has 4 nitrogen and oxygen atoms in total. The fraction of sp³-hybridized carbons (Fsp3) is 0.188. The van der Waals surface area contributed by atoms with Gasteiger partial charge in [-0.25, -0.2) is 4.79 Å². The second kappa shape index (κ2) is 5.65. The number of aromatic hydroxyl groups is 1. The first-order chi connectivity index (χ1) is 9.47. The van der Waals surface area contributed by atoms with Crippen molar-refractivity contribution < 1.29 is 20.1 Å². The molecular formula is C16H16O4. The number of benzene rings is 1. The number of aliphatic hydroxyl groups excluding tert-OH is 1. The maximum Gasteiger partial charge on any atom is 0.335 e. The Morgan fingerprint density at radius 2 is 1.85 bits per heavy atom. The zero-order valence-electron chi connectivity index (χ0n) is 11.1. The third kappa shape index (κ3) is 3.09. The van der Waals surface area contributed by atoms with Crippen molar-refractivity contribution in [2.24, 2.45) is 0 Å². The van der Waals surface area contributed by atoms with E-state index in [4.69, 9.17) is 5.11 Å². The number of phenolic OH excluding ortho intramolecular Hbond substituents is 1. The van der Waals surface area contributed by atoms with E-state index in [0.717, 1.165) is 11.1 Å². The summed E-state index contributed by atoms with van der Waals surface area (Å²) in [5, 5.41) is 27.8. The summed E-state index contributed by atoms with van der Waals surface area (Å²) in [7, 11) is 0. The molecule has 1 unspecified atom stereocenters. The summed E-state index contributed by atoms with van der Waals surface area (Å²) in [5.41, 5.74) is 1.89. The molecule has 4 heteroatoms. The highest BCUT2D eigenvalue weighted by Crippen LogP contribution is 2.27. The average Bonchev–Trinajstić information content (AvgIpc) is 2.41. The van der Waals surface area contributed by atoms with Gasteiger partial charge >= 0.3 is 5.97 Å². The minimum absolute atomic E-state index is 0.0108. The molecule has 0 aliphatic heterocycles. The van der Waals surface area contributed by atoms with Gasteiger partial charge < -0.3 is 15.3 Å². The summed E-state index contributed by atoms with van der Waals surface area (Å²) in [6.07, 6.45) is 5.29. The molecule has 20 heavy (non-hydrogen) atoms. The van der Waals surface area contributed by atoms with Gasteiger partial charge in [0.1, 0.15) is 11.5 Å². The van der Waals surface area contributed by atoms with Crippen LogP contribution in [0.15, 0.2) is 59.4 Å². The van der Waals surface area contributed by atoms with Crippen LogP contribution in [0.25, 0.3) is 0 Å². The van der Waals surface area contributed by atoms with Crippen LogP contribution in [0.2, 0.25) is 0 Å². The van der Waals surface area contributed by atoms with E-state index in [1.165, 1.54) is 6.08 Å². The predicted octanol–water partition coefficient (Wildman–Crippen LogP) is 3.28. The van der Waals surface area contributed by atoms with E-state index in [1.54, 1.807) is 18.2 Å². The van der Waals surface area contributed by atoms with Crippen LogP contribution in [-0.4, -0.2) is 21.3 Å². The van der Waals surface area contributed by atoms with Gasteiger partial charge in [-0.15, -0.1) is 0 Å². The van der Waals surface area contributed by atoms with Crippen molar-refractivity contribution in [1.82, 2.24) is 0 Å². The number of rotatable bonds is 3. The highest BCUT2D eigenvalue weighted by molar-refractivity contribution is 5.89. The van der Waals surface area contributed by atoms with Crippen LogP contribution < -0.4 is 0 Å². The van der Waals surface area contributed by atoms with Gasteiger partial charge in [-0.05, 0) is 35.3 Å². The number of carboxylic acids is 1. The lowest BCUT2D eigenvalue weighted by Gasteiger charge is -2.14. The lowest BCUT2D eigenvalue weighted by atomic mass is 9.92. The molecule has 0 radical (unpaired) electrons. The molecule has 0 heterocycles. The van der Waals surface area contributed by atoms with E-state index >= 15 is 0 Å².